The summed E-state index contributed by atoms with van der Waals surface area (Å²) in [5.74, 6) is 0.621. The summed E-state index contributed by atoms with van der Waals surface area (Å²) in [5, 5.41) is 0. The van der Waals surface area contributed by atoms with E-state index in [0.717, 1.165) is 24.8 Å². The predicted octanol–water partition coefficient (Wildman–Crippen LogP) is 3.81. The largest absolute Gasteiger partial charge is 0.212 e. The van der Waals surface area contributed by atoms with Crippen molar-refractivity contribution in [1.82, 2.24) is 4.72 Å². The maximum atomic E-state index is 12.3. The molecule has 1 unspecified atom stereocenters. The van der Waals surface area contributed by atoms with Crippen molar-refractivity contribution in [3.05, 3.63) is 35.4 Å². The van der Waals surface area contributed by atoms with E-state index < -0.39 is 10.0 Å². The zero-order valence-corrected chi connectivity index (χ0v) is 14.0. The normalized spacial score (nSPS) is 18.6. The molecule has 0 bridgehead atoms. The Morgan fingerprint density at radius 1 is 1.14 bits per heavy atom. The van der Waals surface area contributed by atoms with Crippen LogP contribution in [0, 0.1) is 5.92 Å². The molecule has 2 rings (SSSR count). The molecule has 118 valence electrons. The van der Waals surface area contributed by atoms with Gasteiger partial charge in [0.1, 0.15) is 0 Å². The summed E-state index contributed by atoms with van der Waals surface area (Å²) in [6, 6.07) is 8.02. The van der Waals surface area contributed by atoms with Crippen LogP contribution in [0.3, 0.4) is 0 Å². The van der Waals surface area contributed by atoms with Crippen molar-refractivity contribution in [2.45, 2.75) is 58.4 Å². The highest BCUT2D eigenvalue weighted by molar-refractivity contribution is 7.89. The number of aryl methyl sites for hydroxylation is 1. The van der Waals surface area contributed by atoms with E-state index >= 15 is 0 Å². The molecular formula is C17H27NO2S. The lowest BCUT2D eigenvalue weighted by atomic mass is 9.91. The van der Waals surface area contributed by atoms with Crippen LogP contribution in [0.25, 0.3) is 0 Å². The molecule has 1 saturated carbocycles. The minimum absolute atomic E-state index is 0.163. The van der Waals surface area contributed by atoms with Gasteiger partial charge in [-0.25, -0.2) is 13.1 Å². The van der Waals surface area contributed by atoms with Crippen LogP contribution in [0.5, 0.6) is 0 Å². The summed E-state index contributed by atoms with van der Waals surface area (Å²) in [5.41, 5.74) is 2.30. The number of nitrogens with one attached hydrogen (secondary N) is 1. The zero-order chi connectivity index (χ0) is 15.3. The highest BCUT2D eigenvalue weighted by atomic mass is 32.2. The molecule has 1 aliphatic carbocycles. The molecule has 4 heteroatoms. The van der Waals surface area contributed by atoms with Crippen molar-refractivity contribution in [3.63, 3.8) is 0 Å². The van der Waals surface area contributed by atoms with E-state index in [2.05, 4.69) is 23.8 Å². The molecule has 3 nitrogen and oxygen atoms in total. The van der Waals surface area contributed by atoms with Gasteiger partial charge in [0.15, 0.2) is 0 Å². The number of sulfonamides is 1. The number of hydrogen-bond donors (Lipinski definition) is 1. The fraction of sp³-hybridized carbons (Fsp3) is 0.647. The van der Waals surface area contributed by atoms with Crippen molar-refractivity contribution < 1.29 is 8.42 Å². The molecule has 0 aromatic heterocycles. The SMILES string of the molecule is CCc1ccc(C(C)NS(=O)(=O)CC2CCCCC2)cc1. The Balaban J connectivity index is 1.94. The second-order valence-corrected chi connectivity index (χ2v) is 8.02. The van der Waals surface area contributed by atoms with E-state index in [0.29, 0.717) is 5.92 Å². The number of rotatable bonds is 6. The van der Waals surface area contributed by atoms with Gasteiger partial charge in [0.25, 0.3) is 0 Å². The van der Waals surface area contributed by atoms with Crippen LogP contribution in [0.2, 0.25) is 0 Å². The minimum Gasteiger partial charge on any atom is -0.212 e. The monoisotopic (exact) mass is 309 g/mol. The van der Waals surface area contributed by atoms with E-state index in [1.807, 2.05) is 19.1 Å². The van der Waals surface area contributed by atoms with E-state index in [4.69, 9.17) is 0 Å². The topological polar surface area (TPSA) is 46.2 Å². The molecule has 0 aliphatic heterocycles. The fourth-order valence-corrected chi connectivity index (χ4v) is 4.82. The first-order valence-electron chi connectivity index (χ1n) is 8.09. The highest BCUT2D eigenvalue weighted by Crippen LogP contribution is 2.25. The summed E-state index contributed by atoms with van der Waals surface area (Å²) < 4.78 is 27.4. The summed E-state index contributed by atoms with van der Waals surface area (Å²) in [6.07, 6.45) is 6.72. The van der Waals surface area contributed by atoms with Crippen molar-refractivity contribution in [2.24, 2.45) is 5.92 Å². The lowest BCUT2D eigenvalue weighted by Crippen LogP contribution is -2.32. The molecule has 1 atom stereocenters. The van der Waals surface area contributed by atoms with E-state index in [1.165, 1.54) is 24.8 Å². The molecule has 0 spiro atoms. The Morgan fingerprint density at radius 3 is 2.33 bits per heavy atom. The number of benzene rings is 1. The molecule has 1 fully saturated rings. The molecule has 0 amide bonds. The van der Waals surface area contributed by atoms with Gasteiger partial charge >= 0.3 is 0 Å². The molecule has 1 aromatic rings. The van der Waals surface area contributed by atoms with Gasteiger partial charge in [-0.05, 0) is 43.2 Å². The van der Waals surface area contributed by atoms with E-state index in [-0.39, 0.29) is 11.8 Å². The van der Waals surface area contributed by atoms with Crippen LogP contribution in [-0.2, 0) is 16.4 Å². The van der Waals surface area contributed by atoms with Crippen LogP contribution >= 0.6 is 0 Å². The smallest absolute Gasteiger partial charge is 0.212 e. The highest BCUT2D eigenvalue weighted by Gasteiger charge is 2.23. The predicted molar refractivity (Wildman–Crippen MR) is 87.7 cm³/mol. The van der Waals surface area contributed by atoms with Gasteiger partial charge in [0.05, 0.1) is 5.75 Å². The summed E-state index contributed by atoms with van der Waals surface area (Å²) in [7, 11) is -3.19. The average Bonchev–Trinajstić information content (AvgIpc) is 2.47. The maximum Gasteiger partial charge on any atom is 0.212 e. The second kappa shape index (κ2) is 7.41. The van der Waals surface area contributed by atoms with Crippen LogP contribution in [-0.4, -0.2) is 14.2 Å². The molecule has 0 heterocycles. The quantitative estimate of drug-likeness (QED) is 0.868. The third-order valence-electron chi connectivity index (χ3n) is 4.42. The van der Waals surface area contributed by atoms with Crippen LogP contribution in [0.1, 0.15) is 63.1 Å². The first kappa shape index (κ1) is 16.5. The van der Waals surface area contributed by atoms with Crippen LogP contribution < -0.4 is 4.72 Å². The Bertz CT molecular complexity index is 530. The molecule has 1 aromatic carbocycles. The number of hydrogen-bond acceptors (Lipinski definition) is 2. The molecule has 0 radical (unpaired) electrons. The standard InChI is InChI=1S/C17H27NO2S/c1-3-15-9-11-17(12-10-15)14(2)18-21(19,20)13-16-7-5-4-6-8-16/h9-12,14,16,18H,3-8,13H2,1-2H3. The van der Waals surface area contributed by atoms with Gasteiger partial charge in [-0.1, -0.05) is 50.5 Å². The molecule has 1 aliphatic rings. The Kier molecular flexibility index (Phi) is 5.82. The minimum atomic E-state index is -3.19. The van der Waals surface area contributed by atoms with Crippen molar-refractivity contribution in [3.8, 4) is 0 Å². The Labute approximate surface area is 129 Å². The summed E-state index contributed by atoms with van der Waals surface area (Å²) >= 11 is 0. The van der Waals surface area contributed by atoms with E-state index in [1.54, 1.807) is 0 Å². The molecule has 1 N–H and O–H groups in total. The van der Waals surface area contributed by atoms with Crippen molar-refractivity contribution in [2.75, 3.05) is 5.75 Å². The summed E-state index contributed by atoms with van der Waals surface area (Å²) in [4.78, 5) is 0. The zero-order valence-electron chi connectivity index (χ0n) is 13.1. The second-order valence-electron chi connectivity index (χ2n) is 6.22. The molecule has 21 heavy (non-hydrogen) atoms. The van der Waals surface area contributed by atoms with Gasteiger partial charge in [0, 0.05) is 6.04 Å². The third-order valence-corrected chi connectivity index (χ3v) is 6.05. The summed E-state index contributed by atoms with van der Waals surface area (Å²) in [6.45, 7) is 4.03. The average molecular weight is 309 g/mol. The Morgan fingerprint density at radius 2 is 1.76 bits per heavy atom. The van der Waals surface area contributed by atoms with E-state index in [9.17, 15) is 8.42 Å². The van der Waals surface area contributed by atoms with Crippen LogP contribution in [0.4, 0.5) is 0 Å². The van der Waals surface area contributed by atoms with Gasteiger partial charge in [-0.2, -0.15) is 0 Å². The lowest BCUT2D eigenvalue weighted by molar-refractivity contribution is 0.383. The maximum absolute atomic E-state index is 12.3. The van der Waals surface area contributed by atoms with Gasteiger partial charge < -0.3 is 0 Å². The van der Waals surface area contributed by atoms with Gasteiger partial charge in [0.2, 0.25) is 10.0 Å². The van der Waals surface area contributed by atoms with Crippen molar-refractivity contribution >= 4 is 10.0 Å². The molecule has 0 saturated heterocycles. The van der Waals surface area contributed by atoms with Crippen molar-refractivity contribution in [1.29, 1.82) is 0 Å². The third kappa shape index (κ3) is 5.11. The first-order valence-corrected chi connectivity index (χ1v) is 9.74. The van der Waals surface area contributed by atoms with Gasteiger partial charge in [-0.15, -0.1) is 0 Å². The van der Waals surface area contributed by atoms with Crippen LogP contribution in [0.15, 0.2) is 24.3 Å². The lowest BCUT2D eigenvalue weighted by Gasteiger charge is -2.23. The first-order chi connectivity index (χ1) is 10.00. The Hall–Kier alpha value is -0.870. The van der Waals surface area contributed by atoms with Gasteiger partial charge in [-0.3, -0.25) is 0 Å². The fourth-order valence-electron chi connectivity index (χ4n) is 3.09. The molecular weight excluding hydrogens is 282 g/mol.